The van der Waals surface area contributed by atoms with E-state index in [-0.39, 0.29) is 37.1 Å². The molecule has 0 radical (unpaired) electrons. The van der Waals surface area contributed by atoms with Crippen molar-refractivity contribution >= 4 is 34.5 Å². The molecule has 0 bridgehead atoms. The first-order valence-corrected chi connectivity index (χ1v) is 11.9. The minimum atomic E-state index is -1.11. The molecule has 5 rings (SSSR count). The van der Waals surface area contributed by atoms with Crippen LogP contribution in [0.25, 0.3) is 11.0 Å². The summed E-state index contributed by atoms with van der Waals surface area (Å²) < 4.78 is 31.1. The Morgan fingerprint density at radius 2 is 2.11 bits per heavy atom. The third kappa shape index (κ3) is 5.33. The third-order valence-corrected chi connectivity index (χ3v) is 6.54. The van der Waals surface area contributed by atoms with Gasteiger partial charge in [0.15, 0.2) is 12.1 Å². The van der Waals surface area contributed by atoms with E-state index >= 15 is 0 Å². The summed E-state index contributed by atoms with van der Waals surface area (Å²) in [5.41, 5.74) is 1.69. The van der Waals surface area contributed by atoms with Gasteiger partial charge in [-0.2, -0.15) is 0 Å². The lowest BCUT2D eigenvalue weighted by molar-refractivity contribution is -0.230. The molecule has 13 heteroatoms. The number of nitrogens with one attached hydrogen (secondary N) is 2. The molecule has 3 N–H and O–H groups in total. The second-order valence-electron chi connectivity index (χ2n) is 8.04. The van der Waals surface area contributed by atoms with Crippen LogP contribution in [0.2, 0.25) is 0 Å². The SMILES string of the molecule is COc1ccc2ncc(F)c(C[C@H](O)C3OCC(NCc4cnc5c(n4)NC(=O)CS5)CO3)c2n1. The second kappa shape index (κ2) is 10.3. The molecule has 0 unspecified atom stereocenters. The van der Waals surface area contributed by atoms with Gasteiger partial charge < -0.3 is 30.0 Å². The summed E-state index contributed by atoms with van der Waals surface area (Å²) in [5.74, 6) is 0.443. The highest BCUT2D eigenvalue weighted by Crippen LogP contribution is 2.27. The first-order valence-electron chi connectivity index (χ1n) is 10.9. The van der Waals surface area contributed by atoms with Crippen LogP contribution in [0.5, 0.6) is 5.88 Å². The molecule has 1 saturated heterocycles. The van der Waals surface area contributed by atoms with Crippen LogP contribution in [0.4, 0.5) is 10.2 Å². The Morgan fingerprint density at radius 1 is 1.29 bits per heavy atom. The van der Waals surface area contributed by atoms with Crippen LogP contribution in [-0.4, -0.2) is 75.5 Å². The van der Waals surface area contributed by atoms with Gasteiger partial charge in [0.05, 0.1) is 61.2 Å². The molecule has 2 aliphatic rings. The number of aromatic nitrogens is 4. The summed E-state index contributed by atoms with van der Waals surface area (Å²) in [6.07, 6.45) is 0.662. The first kappa shape index (κ1) is 23.8. The Kier molecular flexibility index (Phi) is 7.02. The fraction of sp³-hybridized carbons (Fsp3) is 0.409. The molecule has 0 spiro atoms. The summed E-state index contributed by atoms with van der Waals surface area (Å²) in [7, 11) is 1.47. The van der Waals surface area contributed by atoms with E-state index in [1.54, 1.807) is 18.3 Å². The van der Waals surface area contributed by atoms with Gasteiger partial charge in [-0.1, -0.05) is 11.8 Å². The first-order chi connectivity index (χ1) is 17.0. The van der Waals surface area contributed by atoms with E-state index in [0.717, 1.165) is 6.20 Å². The third-order valence-electron chi connectivity index (χ3n) is 5.56. The number of anilines is 1. The van der Waals surface area contributed by atoms with Gasteiger partial charge in [0.1, 0.15) is 16.9 Å². The van der Waals surface area contributed by atoms with Crippen LogP contribution in [0.3, 0.4) is 0 Å². The molecule has 3 aromatic rings. The quantitative estimate of drug-likeness (QED) is 0.427. The van der Waals surface area contributed by atoms with Gasteiger partial charge >= 0.3 is 0 Å². The predicted octanol–water partition coefficient (Wildman–Crippen LogP) is 1.05. The molecule has 2 aliphatic heterocycles. The fourth-order valence-corrected chi connectivity index (χ4v) is 4.49. The Bertz CT molecular complexity index is 1240. The van der Waals surface area contributed by atoms with Crippen LogP contribution >= 0.6 is 11.8 Å². The van der Waals surface area contributed by atoms with E-state index in [4.69, 9.17) is 14.2 Å². The van der Waals surface area contributed by atoms with E-state index in [0.29, 0.717) is 45.7 Å². The van der Waals surface area contributed by atoms with Crippen LogP contribution in [0.15, 0.2) is 29.6 Å². The van der Waals surface area contributed by atoms with Gasteiger partial charge in [0.25, 0.3) is 0 Å². The van der Waals surface area contributed by atoms with Gasteiger partial charge in [0, 0.05) is 24.6 Å². The number of fused-ring (bicyclic) bond motifs is 2. The van der Waals surface area contributed by atoms with Crippen molar-refractivity contribution in [2.24, 2.45) is 0 Å². The normalized spacial score (nSPS) is 20.8. The van der Waals surface area contributed by atoms with Gasteiger partial charge in [-0.3, -0.25) is 9.78 Å². The zero-order chi connectivity index (χ0) is 24.4. The zero-order valence-corrected chi connectivity index (χ0v) is 19.5. The van der Waals surface area contributed by atoms with Crippen molar-refractivity contribution in [3.05, 3.63) is 41.6 Å². The lowest BCUT2D eigenvalue weighted by Gasteiger charge is -2.32. The summed E-state index contributed by atoms with van der Waals surface area (Å²) >= 11 is 1.35. The van der Waals surface area contributed by atoms with Crippen molar-refractivity contribution < 1.29 is 28.5 Å². The summed E-state index contributed by atoms with van der Waals surface area (Å²) in [6, 6.07) is 3.17. The van der Waals surface area contributed by atoms with Gasteiger partial charge in [-0.15, -0.1) is 0 Å². The average molecular weight is 503 g/mol. The highest BCUT2D eigenvalue weighted by Gasteiger charge is 2.30. The van der Waals surface area contributed by atoms with Crippen LogP contribution in [0.1, 0.15) is 11.3 Å². The van der Waals surface area contributed by atoms with Crippen molar-refractivity contribution in [3.63, 3.8) is 0 Å². The molecule has 184 valence electrons. The molecule has 0 aliphatic carbocycles. The molecule has 0 saturated carbocycles. The van der Waals surface area contributed by atoms with Gasteiger partial charge in [0.2, 0.25) is 11.8 Å². The summed E-state index contributed by atoms with van der Waals surface area (Å²) in [5, 5.41) is 17.4. The average Bonchev–Trinajstić information content (AvgIpc) is 2.88. The van der Waals surface area contributed by atoms with E-state index in [1.807, 2.05) is 0 Å². The van der Waals surface area contributed by atoms with Crippen molar-refractivity contribution in [1.29, 1.82) is 0 Å². The molecular weight excluding hydrogens is 479 g/mol. The highest BCUT2D eigenvalue weighted by atomic mass is 32.2. The maximum atomic E-state index is 14.6. The second-order valence-corrected chi connectivity index (χ2v) is 9.01. The van der Waals surface area contributed by atoms with Gasteiger partial charge in [-0.25, -0.2) is 19.3 Å². The van der Waals surface area contributed by atoms with Crippen molar-refractivity contribution in [2.45, 2.75) is 36.4 Å². The molecule has 3 aromatic heterocycles. The Morgan fingerprint density at radius 3 is 2.91 bits per heavy atom. The number of nitrogens with zero attached hydrogens (tertiary/aromatic N) is 4. The van der Waals surface area contributed by atoms with E-state index in [9.17, 15) is 14.3 Å². The Hall–Kier alpha value is -2.97. The van der Waals surface area contributed by atoms with E-state index in [1.165, 1.54) is 18.9 Å². The number of carbonyl (C=O) groups is 1. The monoisotopic (exact) mass is 502 g/mol. The zero-order valence-electron chi connectivity index (χ0n) is 18.7. The highest BCUT2D eigenvalue weighted by molar-refractivity contribution is 8.00. The molecule has 11 nitrogen and oxygen atoms in total. The van der Waals surface area contributed by atoms with E-state index in [2.05, 4.69) is 30.6 Å². The number of carbonyl (C=O) groups excluding carboxylic acids is 1. The maximum absolute atomic E-state index is 14.6. The number of aliphatic hydroxyl groups is 1. The minimum Gasteiger partial charge on any atom is -0.481 e. The lowest BCUT2D eigenvalue weighted by Crippen LogP contribution is -2.48. The van der Waals surface area contributed by atoms with Crippen LogP contribution in [-0.2, 0) is 27.2 Å². The fourth-order valence-electron chi connectivity index (χ4n) is 3.79. The van der Waals surface area contributed by atoms with Crippen molar-refractivity contribution in [2.75, 3.05) is 31.4 Å². The molecule has 5 heterocycles. The van der Waals surface area contributed by atoms with Crippen molar-refractivity contribution in [1.82, 2.24) is 25.3 Å². The smallest absolute Gasteiger partial charge is 0.236 e. The number of rotatable bonds is 7. The van der Waals surface area contributed by atoms with Crippen molar-refractivity contribution in [3.8, 4) is 5.88 Å². The maximum Gasteiger partial charge on any atom is 0.236 e. The number of halogens is 1. The van der Waals surface area contributed by atoms with Crippen LogP contribution in [0, 0.1) is 5.82 Å². The molecule has 35 heavy (non-hydrogen) atoms. The number of methoxy groups -OCH3 is 1. The lowest BCUT2D eigenvalue weighted by atomic mass is 10.1. The molecule has 1 fully saturated rings. The standard InChI is InChI=1S/C22H23FN6O5S/c1-32-18-3-2-15-19(29-18)13(14(23)7-25-15)4-16(30)22-33-8-12(9-34-22)24-5-11-6-26-21-20(27-11)28-17(31)10-35-21/h2-3,6-7,12,16,22,24,30H,4-5,8-10H2,1H3,(H,27,28,31)/t12?,16-,22?/m0/s1. The largest absolute Gasteiger partial charge is 0.481 e. The summed E-state index contributed by atoms with van der Waals surface area (Å²) in [6.45, 7) is 0.948. The predicted molar refractivity (Wildman–Crippen MR) is 123 cm³/mol. The number of ether oxygens (including phenoxy) is 3. The number of pyridine rings is 2. The number of hydrogen-bond donors (Lipinski definition) is 3. The number of hydrogen-bond acceptors (Lipinski definition) is 11. The number of amides is 1. The summed E-state index contributed by atoms with van der Waals surface area (Å²) in [4.78, 5) is 28.6. The number of thioether (sulfide) groups is 1. The molecule has 1 atom stereocenters. The van der Waals surface area contributed by atoms with E-state index < -0.39 is 18.2 Å². The molecular formula is C22H23FN6O5S. The number of aliphatic hydroxyl groups excluding tert-OH is 1. The minimum absolute atomic E-state index is 0.0672. The molecule has 1 amide bonds. The Balaban J connectivity index is 1.16. The van der Waals surface area contributed by atoms with Crippen LogP contribution < -0.4 is 15.4 Å². The molecule has 0 aromatic carbocycles. The van der Waals surface area contributed by atoms with Gasteiger partial charge in [-0.05, 0) is 6.07 Å². The Labute approximate surface area is 203 Å². The topological polar surface area (TPSA) is 141 Å².